The summed E-state index contributed by atoms with van der Waals surface area (Å²) < 4.78 is 10.4. The molecule has 8 heteroatoms. The van der Waals surface area contributed by atoms with Crippen molar-refractivity contribution in [1.29, 1.82) is 0 Å². The lowest BCUT2D eigenvalue weighted by Gasteiger charge is -2.07. The third-order valence-electron chi connectivity index (χ3n) is 3.97. The van der Waals surface area contributed by atoms with Gasteiger partial charge in [-0.3, -0.25) is 4.79 Å². The maximum absolute atomic E-state index is 12.2. The highest BCUT2D eigenvalue weighted by Gasteiger charge is 2.11. The monoisotopic (exact) mass is 442 g/mol. The van der Waals surface area contributed by atoms with Crippen molar-refractivity contribution in [3.8, 4) is 11.5 Å². The fourth-order valence-corrected chi connectivity index (χ4v) is 2.75. The molecule has 0 aliphatic rings. The average Bonchev–Trinajstić information content (AvgIpc) is 2.76. The van der Waals surface area contributed by atoms with E-state index in [2.05, 4.69) is 10.5 Å². The van der Waals surface area contributed by atoms with Crippen molar-refractivity contribution in [3.63, 3.8) is 0 Å². The first kappa shape index (κ1) is 21.4. The van der Waals surface area contributed by atoms with Gasteiger partial charge in [-0.05, 0) is 72.3 Å². The van der Waals surface area contributed by atoms with E-state index < -0.39 is 5.97 Å². The van der Waals surface area contributed by atoms with Gasteiger partial charge in [0, 0.05) is 10.6 Å². The number of nitrogens with one attached hydrogen (secondary N) is 1. The number of hydrogen-bond acceptors (Lipinski definition) is 5. The lowest BCUT2D eigenvalue weighted by molar-refractivity contribution is 0.0734. The van der Waals surface area contributed by atoms with Crippen molar-refractivity contribution in [2.75, 3.05) is 7.11 Å². The zero-order valence-electron chi connectivity index (χ0n) is 15.8. The fourth-order valence-electron chi connectivity index (χ4n) is 2.40. The van der Waals surface area contributed by atoms with Crippen LogP contribution in [0.1, 0.15) is 26.3 Å². The van der Waals surface area contributed by atoms with E-state index in [1.54, 1.807) is 73.8 Å². The van der Waals surface area contributed by atoms with Crippen molar-refractivity contribution < 1.29 is 19.1 Å². The molecule has 1 N–H and O–H groups in total. The van der Waals surface area contributed by atoms with E-state index in [9.17, 15) is 9.59 Å². The minimum absolute atomic E-state index is 0.208. The maximum atomic E-state index is 12.2. The zero-order chi connectivity index (χ0) is 21.5. The molecule has 3 rings (SSSR count). The van der Waals surface area contributed by atoms with Crippen molar-refractivity contribution in [3.05, 3.63) is 93.5 Å². The van der Waals surface area contributed by atoms with Crippen LogP contribution in [0, 0.1) is 0 Å². The number of carbonyl (C=O) groups excluding carboxylic acids is 2. The van der Waals surface area contributed by atoms with Crippen LogP contribution in [0.15, 0.2) is 71.8 Å². The molecular weight excluding hydrogens is 427 g/mol. The first-order valence-electron chi connectivity index (χ1n) is 8.71. The normalized spacial score (nSPS) is 10.6. The standard InChI is InChI=1S/C22H16Cl2N2O4/c1-29-18-9-5-16(6-10-18)22(28)30-20-11-2-14(12-19(20)24)13-25-26-21(27)15-3-7-17(23)8-4-15/h2-13H,1H3,(H,26,27)/b25-13-. The summed E-state index contributed by atoms with van der Waals surface area (Å²) in [7, 11) is 1.54. The number of amides is 1. The Kier molecular flexibility index (Phi) is 7.06. The largest absolute Gasteiger partial charge is 0.497 e. The molecule has 0 spiro atoms. The van der Waals surface area contributed by atoms with E-state index in [4.69, 9.17) is 32.7 Å². The van der Waals surface area contributed by atoms with Gasteiger partial charge in [0.05, 0.1) is 23.9 Å². The van der Waals surface area contributed by atoms with Gasteiger partial charge in [-0.1, -0.05) is 23.2 Å². The van der Waals surface area contributed by atoms with Crippen LogP contribution in [0.2, 0.25) is 10.0 Å². The van der Waals surface area contributed by atoms with Gasteiger partial charge in [-0.25, -0.2) is 10.2 Å². The van der Waals surface area contributed by atoms with Gasteiger partial charge >= 0.3 is 5.97 Å². The Morgan fingerprint density at radius 3 is 2.23 bits per heavy atom. The predicted molar refractivity (Wildman–Crippen MR) is 116 cm³/mol. The Balaban J connectivity index is 1.61. The van der Waals surface area contributed by atoms with Gasteiger partial charge in [0.1, 0.15) is 11.5 Å². The number of esters is 1. The van der Waals surface area contributed by atoms with E-state index in [0.717, 1.165) is 0 Å². The van der Waals surface area contributed by atoms with Crippen molar-refractivity contribution in [1.82, 2.24) is 5.43 Å². The molecule has 152 valence electrons. The molecule has 30 heavy (non-hydrogen) atoms. The van der Waals surface area contributed by atoms with Crippen molar-refractivity contribution in [2.24, 2.45) is 5.10 Å². The second-order valence-electron chi connectivity index (χ2n) is 6.01. The summed E-state index contributed by atoms with van der Waals surface area (Å²) in [6, 6.07) is 17.7. The lowest BCUT2D eigenvalue weighted by Crippen LogP contribution is -2.17. The quantitative estimate of drug-likeness (QED) is 0.252. The van der Waals surface area contributed by atoms with Gasteiger partial charge in [0.25, 0.3) is 5.91 Å². The molecule has 0 atom stereocenters. The summed E-state index contributed by atoms with van der Waals surface area (Å²) in [6.07, 6.45) is 1.43. The first-order chi connectivity index (χ1) is 14.5. The summed E-state index contributed by atoms with van der Waals surface area (Å²) >= 11 is 12.0. The van der Waals surface area contributed by atoms with Crippen LogP contribution in [0.5, 0.6) is 11.5 Å². The number of halogens is 2. The Hall–Kier alpha value is -3.35. The van der Waals surface area contributed by atoms with E-state index >= 15 is 0 Å². The summed E-state index contributed by atoms with van der Waals surface area (Å²) in [4.78, 5) is 24.3. The van der Waals surface area contributed by atoms with Crippen LogP contribution in [0.3, 0.4) is 0 Å². The molecule has 0 saturated carbocycles. The second-order valence-corrected chi connectivity index (χ2v) is 6.86. The highest BCUT2D eigenvalue weighted by molar-refractivity contribution is 6.32. The molecule has 0 aromatic heterocycles. The molecule has 0 saturated heterocycles. The number of hydrazone groups is 1. The summed E-state index contributed by atoms with van der Waals surface area (Å²) in [5.41, 5.74) is 3.81. The van der Waals surface area contributed by atoms with E-state index in [-0.39, 0.29) is 16.7 Å². The molecule has 0 aliphatic heterocycles. The summed E-state index contributed by atoms with van der Waals surface area (Å²) in [5.74, 6) is -0.0773. The maximum Gasteiger partial charge on any atom is 0.343 e. The highest BCUT2D eigenvalue weighted by Crippen LogP contribution is 2.26. The van der Waals surface area contributed by atoms with Crippen LogP contribution in [0.25, 0.3) is 0 Å². The Morgan fingerprint density at radius 1 is 0.933 bits per heavy atom. The Morgan fingerprint density at radius 2 is 1.60 bits per heavy atom. The smallest absolute Gasteiger partial charge is 0.343 e. The van der Waals surface area contributed by atoms with Crippen molar-refractivity contribution in [2.45, 2.75) is 0 Å². The zero-order valence-corrected chi connectivity index (χ0v) is 17.3. The van der Waals surface area contributed by atoms with Crippen LogP contribution < -0.4 is 14.9 Å². The summed E-state index contributed by atoms with van der Waals surface area (Å²) in [6.45, 7) is 0. The first-order valence-corrected chi connectivity index (χ1v) is 9.46. The van der Waals surface area contributed by atoms with Crippen LogP contribution in [0.4, 0.5) is 0 Å². The highest BCUT2D eigenvalue weighted by atomic mass is 35.5. The van der Waals surface area contributed by atoms with Crippen LogP contribution in [-0.2, 0) is 0 Å². The third-order valence-corrected chi connectivity index (χ3v) is 4.52. The minimum atomic E-state index is -0.545. The van der Waals surface area contributed by atoms with Gasteiger partial charge in [0.15, 0.2) is 0 Å². The second kappa shape index (κ2) is 9.91. The minimum Gasteiger partial charge on any atom is -0.497 e. The van der Waals surface area contributed by atoms with E-state index in [1.165, 1.54) is 6.21 Å². The Bertz CT molecular complexity index is 1080. The number of nitrogens with zero attached hydrogens (tertiary/aromatic N) is 1. The molecule has 1 amide bonds. The molecule has 0 aliphatic carbocycles. The predicted octanol–water partition coefficient (Wildman–Crippen LogP) is 4.99. The average molecular weight is 443 g/mol. The summed E-state index contributed by atoms with van der Waals surface area (Å²) in [5, 5.41) is 4.67. The van der Waals surface area contributed by atoms with Gasteiger partial charge in [-0.2, -0.15) is 5.10 Å². The number of benzene rings is 3. The van der Waals surface area contributed by atoms with Gasteiger partial charge in [-0.15, -0.1) is 0 Å². The van der Waals surface area contributed by atoms with Gasteiger partial charge in [0.2, 0.25) is 0 Å². The number of ether oxygens (including phenoxy) is 2. The molecule has 0 fully saturated rings. The van der Waals surface area contributed by atoms with Crippen LogP contribution >= 0.6 is 23.2 Å². The van der Waals surface area contributed by atoms with E-state index in [1.807, 2.05) is 0 Å². The molecule has 0 unspecified atom stereocenters. The lowest BCUT2D eigenvalue weighted by atomic mass is 10.2. The molecule has 3 aromatic carbocycles. The van der Waals surface area contributed by atoms with Crippen molar-refractivity contribution >= 4 is 41.3 Å². The fraction of sp³-hybridized carbons (Fsp3) is 0.0455. The molecular formula is C22H16Cl2N2O4. The molecule has 0 bridgehead atoms. The number of methoxy groups -OCH3 is 1. The SMILES string of the molecule is COc1ccc(C(=O)Oc2ccc(/C=N\NC(=O)c3ccc(Cl)cc3)cc2Cl)cc1. The third kappa shape index (κ3) is 5.59. The molecule has 0 radical (unpaired) electrons. The molecule has 6 nitrogen and oxygen atoms in total. The number of rotatable bonds is 6. The Labute approximate surface area is 183 Å². The van der Waals surface area contributed by atoms with Crippen LogP contribution in [-0.4, -0.2) is 25.2 Å². The van der Waals surface area contributed by atoms with E-state index in [0.29, 0.717) is 27.5 Å². The topological polar surface area (TPSA) is 77.0 Å². The number of hydrogen-bond donors (Lipinski definition) is 1. The van der Waals surface area contributed by atoms with Gasteiger partial charge < -0.3 is 9.47 Å². The molecule has 3 aromatic rings. The molecule has 0 heterocycles. The number of carbonyl (C=O) groups is 2.